The highest BCUT2D eigenvalue weighted by atomic mass is 16.2. The smallest absolute Gasteiger partial charge is 0.322 e. The fourth-order valence-electron chi connectivity index (χ4n) is 3.23. The molecule has 1 atom stereocenters. The number of unbranched alkanes of at least 4 members (excludes halogenated alkanes) is 1. The topological polar surface area (TPSA) is 94.2 Å². The normalized spacial score (nSPS) is 17.3. The summed E-state index contributed by atoms with van der Waals surface area (Å²) in [6, 6.07) is 6.74. The van der Waals surface area contributed by atoms with Gasteiger partial charge in [-0.25, -0.2) is 9.78 Å². The molecular weight excluding hydrogens is 344 g/mol. The molecule has 3 amide bonds. The number of aromatic nitrogens is 3. The summed E-state index contributed by atoms with van der Waals surface area (Å²) in [5.74, 6) is 1.32. The summed E-state index contributed by atoms with van der Waals surface area (Å²) in [7, 11) is 1.79. The lowest BCUT2D eigenvalue weighted by Gasteiger charge is -2.39. The Morgan fingerprint density at radius 3 is 2.89 bits per heavy atom. The van der Waals surface area contributed by atoms with Crippen molar-refractivity contribution in [3.63, 3.8) is 0 Å². The molecule has 2 aromatic rings. The highest BCUT2D eigenvalue weighted by Crippen LogP contribution is 2.21. The summed E-state index contributed by atoms with van der Waals surface area (Å²) in [5, 5.41) is 9.89. The Morgan fingerprint density at radius 2 is 2.19 bits per heavy atom. The van der Waals surface area contributed by atoms with Crippen LogP contribution in [0.15, 0.2) is 24.3 Å². The average Bonchev–Trinajstić information content (AvgIpc) is 3.09. The van der Waals surface area contributed by atoms with Gasteiger partial charge in [0.15, 0.2) is 5.82 Å². The van der Waals surface area contributed by atoms with Crippen molar-refractivity contribution in [3.8, 4) is 11.4 Å². The number of likely N-dealkylation sites (N-methyl/N-ethyl adjacent to an activating group) is 1. The van der Waals surface area contributed by atoms with Crippen molar-refractivity contribution in [2.45, 2.75) is 39.2 Å². The van der Waals surface area contributed by atoms with Gasteiger partial charge in [-0.15, -0.1) is 0 Å². The summed E-state index contributed by atoms with van der Waals surface area (Å²) in [6.45, 7) is 4.99. The number of carbonyl (C=O) groups excluding carboxylic acids is 2. The summed E-state index contributed by atoms with van der Waals surface area (Å²) < 4.78 is 0. The minimum absolute atomic E-state index is 0.00907. The molecule has 0 unspecified atom stereocenters. The molecule has 0 spiro atoms. The molecule has 0 saturated carbocycles. The van der Waals surface area contributed by atoms with Gasteiger partial charge in [-0.2, -0.15) is 5.10 Å². The minimum atomic E-state index is -0.400. The van der Waals surface area contributed by atoms with E-state index in [1.807, 2.05) is 31.2 Å². The van der Waals surface area contributed by atoms with Crippen molar-refractivity contribution < 1.29 is 9.59 Å². The van der Waals surface area contributed by atoms with Gasteiger partial charge in [-0.1, -0.05) is 31.9 Å². The number of hydrogen-bond acceptors (Lipinski definition) is 4. The molecule has 8 nitrogen and oxygen atoms in total. The number of piperazine rings is 1. The molecule has 8 heteroatoms. The zero-order valence-electron chi connectivity index (χ0n) is 16.0. The van der Waals surface area contributed by atoms with Crippen LogP contribution in [0.5, 0.6) is 0 Å². The fourth-order valence-corrected chi connectivity index (χ4v) is 3.23. The lowest BCUT2D eigenvalue weighted by Crippen LogP contribution is -2.58. The molecule has 1 aromatic heterocycles. The van der Waals surface area contributed by atoms with Gasteiger partial charge in [0.25, 0.3) is 0 Å². The number of nitrogens with one attached hydrogen (secondary N) is 2. The Balaban J connectivity index is 1.74. The standard InChI is InChI=1S/C19H26N6O2/c1-4-5-9-16-18(26)24(3)10-11-25(16)19(27)21-15-8-6-7-14(12-15)17-20-13(2)22-23-17/h6-8,12,16H,4-5,9-11H2,1-3H3,(H,21,27)(H,20,22,23)/t16-/m1/s1. The van der Waals surface area contributed by atoms with Crippen LogP contribution >= 0.6 is 0 Å². The Hall–Kier alpha value is -2.90. The number of anilines is 1. The van der Waals surface area contributed by atoms with Gasteiger partial charge in [-0.3, -0.25) is 9.89 Å². The molecule has 144 valence electrons. The predicted octanol–water partition coefficient (Wildman–Crippen LogP) is 2.64. The van der Waals surface area contributed by atoms with Crippen LogP contribution in [-0.4, -0.2) is 63.1 Å². The fraction of sp³-hybridized carbons (Fsp3) is 0.474. The van der Waals surface area contributed by atoms with Gasteiger partial charge in [0.2, 0.25) is 5.91 Å². The highest BCUT2D eigenvalue weighted by molar-refractivity contribution is 5.94. The number of nitrogens with zero attached hydrogens (tertiary/aromatic N) is 4. The van der Waals surface area contributed by atoms with E-state index in [-0.39, 0.29) is 11.9 Å². The second-order valence-corrected chi connectivity index (χ2v) is 6.87. The molecule has 0 aliphatic carbocycles. The Morgan fingerprint density at radius 1 is 1.37 bits per heavy atom. The van der Waals surface area contributed by atoms with Crippen molar-refractivity contribution >= 4 is 17.6 Å². The maximum atomic E-state index is 12.9. The maximum Gasteiger partial charge on any atom is 0.322 e. The number of benzene rings is 1. The Labute approximate surface area is 159 Å². The lowest BCUT2D eigenvalue weighted by molar-refractivity contribution is -0.138. The average molecular weight is 370 g/mol. The van der Waals surface area contributed by atoms with E-state index in [0.717, 1.165) is 24.2 Å². The summed E-state index contributed by atoms with van der Waals surface area (Å²) >= 11 is 0. The van der Waals surface area contributed by atoms with Crippen LogP contribution in [0.1, 0.15) is 32.0 Å². The van der Waals surface area contributed by atoms with Crippen LogP contribution < -0.4 is 5.32 Å². The molecule has 1 fully saturated rings. The van der Waals surface area contributed by atoms with E-state index in [4.69, 9.17) is 0 Å². The molecule has 2 heterocycles. The number of carbonyl (C=O) groups is 2. The van der Waals surface area contributed by atoms with Crippen LogP contribution in [0.4, 0.5) is 10.5 Å². The third-order valence-electron chi connectivity index (χ3n) is 4.78. The first kappa shape index (κ1) is 18.9. The van der Waals surface area contributed by atoms with Gasteiger partial charge >= 0.3 is 6.03 Å². The van der Waals surface area contributed by atoms with Crippen LogP contribution in [0.3, 0.4) is 0 Å². The number of amides is 3. The summed E-state index contributed by atoms with van der Waals surface area (Å²) in [4.78, 5) is 33.1. The Kier molecular flexibility index (Phi) is 5.73. The Bertz CT molecular complexity index is 818. The van der Waals surface area contributed by atoms with E-state index in [0.29, 0.717) is 31.0 Å². The van der Waals surface area contributed by atoms with Gasteiger partial charge in [0.05, 0.1) is 0 Å². The van der Waals surface area contributed by atoms with E-state index in [9.17, 15) is 9.59 Å². The summed E-state index contributed by atoms with van der Waals surface area (Å²) in [6.07, 6.45) is 2.58. The van der Waals surface area contributed by atoms with Crippen molar-refractivity contribution in [1.82, 2.24) is 25.0 Å². The van der Waals surface area contributed by atoms with Crippen LogP contribution in [0.2, 0.25) is 0 Å². The third-order valence-corrected chi connectivity index (χ3v) is 4.78. The number of urea groups is 1. The van der Waals surface area contributed by atoms with Crippen LogP contribution in [-0.2, 0) is 4.79 Å². The van der Waals surface area contributed by atoms with Crippen molar-refractivity contribution in [1.29, 1.82) is 0 Å². The lowest BCUT2D eigenvalue weighted by atomic mass is 10.0. The monoisotopic (exact) mass is 370 g/mol. The molecule has 1 aromatic carbocycles. The van der Waals surface area contributed by atoms with Crippen molar-refractivity contribution in [3.05, 3.63) is 30.1 Å². The number of aryl methyl sites for hydroxylation is 1. The third kappa shape index (κ3) is 4.27. The largest absolute Gasteiger partial charge is 0.342 e. The van der Waals surface area contributed by atoms with Gasteiger partial charge in [-0.05, 0) is 25.5 Å². The molecule has 1 aliphatic rings. The van der Waals surface area contributed by atoms with Gasteiger partial charge in [0.1, 0.15) is 11.9 Å². The number of H-pyrrole nitrogens is 1. The first-order chi connectivity index (χ1) is 13.0. The SMILES string of the molecule is CCCC[C@@H]1C(=O)N(C)CCN1C(=O)Nc1cccc(-c2n[nH]c(C)n2)c1. The van der Waals surface area contributed by atoms with Crippen molar-refractivity contribution in [2.75, 3.05) is 25.5 Å². The van der Waals surface area contributed by atoms with E-state index in [1.54, 1.807) is 16.8 Å². The van der Waals surface area contributed by atoms with Crippen molar-refractivity contribution in [2.24, 2.45) is 0 Å². The molecule has 0 bridgehead atoms. The van der Waals surface area contributed by atoms with Gasteiger partial charge in [0, 0.05) is 31.4 Å². The highest BCUT2D eigenvalue weighted by Gasteiger charge is 2.35. The minimum Gasteiger partial charge on any atom is -0.342 e. The van der Waals surface area contributed by atoms with Gasteiger partial charge < -0.3 is 15.1 Å². The molecule has 3 rings (SSSR count). The zero-order valence-corrected chi connectivity index (χ0v) is 16.0. The van der Waals surface area contributed by atoms with Crippen LogP contribution in [0, 0.1) is 6.92 Å². The number of rotatable bonds is 5. The molecular formula is C19H26N6O2. The first-order valence-corrected chi connectivity index (χ1v) is 9.31. The zero-order chi connectivity index (χ0) is 19.4. The van der Waals surface area contributed by atoms with E-state index >= 15 is 0 Å². The summed E-state index contributed by atoms with van der Waals surface area (Å²) in [5.41, 5.74) is 1.47. The molecule has 1 aliphatic heterocycles. The second kappa shape index (κ2) is 8.20. The van der Waals surface area contributed by atoms with Crippen LogP contribution in [0.25, 0.3) is 11.4 Å². The quantitative estimate of drug-likeness (QED) is 0.846. The maximum absolute atomic E-state index is 12.9. The molecule has 0 radical (unpaired) electrons. The van der Waals surface area contributed by atoms with E-state index in [1.165, 1.54) is 0 Å². The van der Waals surface area contributed by atoms with E-state index < -0.39 is 6.04 Å². The molecule has 2 N–H and O–H groups in total. The van der Waals surface area contributed by atoms with E-state index in [2.05, 4.69) is 27.4 Å². The molecule has 27 heavy (non-hydrogen) atoms. The number of aromatic amines is 1. The first-order valence-electron chi connectivity index (χ1n) is 9.31. The second-order valence-electron chi connectivity index (χ2n) is 6.87. The predicted molar refractivity (Wildman–Crippen MR) is 103 cm³/mol. The number of hydrogen-bond donors (Lipinski definition) is 2. The molecule has 1 saturated heterocycles.